The van der Waals surface area contributed by atoms with E-state index in [1.807, 2.05) is 6.92 Å². The van der Waals surface area contributed by atoms with Crippen LogP contribution in [0.1, 0.15) is 23.7 Å². The van der Waals surface area contributed by atoms with Gasteiger partial charge >= 0.3 is 11.3 Å². The summed E-state index contributed by atoms with van der Waals surface area (Å²) < 4.78 is 10.7. The number of nitro groups is 2. The molecule has 12 nitrogen and oxygen atoms in total. The Kier molecular flexibility index (Phi) is 6.10. The first-order valence-electron chi connectivity index (χ1n) is 9.00. The molecular weight excluding hydrogens is 412 g/mol. The van der Waals surface area contributed by atoms with E-state index in [0.29, 0.717) is 17.7 Å². The number of carbonyl (C=O) groups excluding carboxylic acids is 1. The highest BCUT2D eigenvalue weighted by molar-refractivity contribution is 5.97. The molecule has 2 aromatic carbocycles. The Morgan fingerprint density at radius 1 is 1.10 bits per heavy atom. The van der Waals surface area contributed by atoms with Crippen molar-refractivity contribution in [1.82, 2.24) is 5.43 Å². The molecule has 1 amide bonds. The summed E-state index contributed by atoms with van der Waals surface area (Å²) in [6.45, 7) is 2.45. The number of rotatable bonds is 8. The van der Waals surface area contributed by atoms with Gasteiger partial charge in [-0.25, -0.2) is 4.79 Å². The van der Waals surface area contributed by atoms with Gasteiger partial charge in [0, 0.05) is 17.5 Å². The summed E-state index contributed by atoms with van der Waals surface area (Å²) in [5.41, 5.74) is 2.12. The van der Waals surface area contributed by atoms with Crippen LogP contribution >= 0.6 is 0 Å². The molecule has 3 rings (SSSR count). The van der Waals surface area contributed by atoms with Gasteiger partial charge in [0.1, 0.15) is 22.6 Å². The zero-order chi connectivity index (χ0) is 22.5. The van der Waals surface area contributed by atoms with Gasteiger partial charge in [0.05, 0.1) is 22.5 Å². The van der Waals surface area contributed by atoms with Crippen LogP contribution in [0.3, 0.4) is 0 Å². The van der Waals surface area contributed by atoms with Crippen molar-refractivity contribution in [1.29, 1.82) is 0 Å². The minimum absolute atomic E-state index is 0.202. The second-order valence-corrected chi connectivity index (χ2v) is 6.29. The summed E-state index contributed by atoms with van der Waals surface area (Å²) >= 11 is 0. The number of nitrogens with one attached hydrogen (secondary N) is 2. The second kappa shape index (κ2) is 8.90. The third kappa shape index (κ3) is 4.75. The molecule has 31 heavy (non-hydrogen) atoms. The van der Waals surface area contributed by atoms with Crippen LogP contribution in [0.2, 0.25) is 0 Å². The van der Waals surface area contributed by atoms with Crippen LogP contribution in [0.5, 0.6) is 5.75 Å². The SMILES string of the molecule is CCCOc1ccc2cc(C(=O)NNc3ccc([N+](=O)[O-])cc3[N+](=O)[O-])c(=O)oc2c1. The molecular formula is C19H16N4O8. The second-order valence-electron chi connectivity index (χ2n) is 6.29. The lowest BCUT2D eigenvalue weighted by Gasteiger charge is -2.09. The molecule has 12 heteroatoms. The van der Waals surface area contributed by atoms with Gasteiger partial charge in [-0.15, -0.1) is 0 Å². The third-order valence-corrected chi connectivity index (χ3v) is 4.12. The third-order valence-electron chi connectivity index (χ3n) is 4.12. The number of benzene rings is 2. The first-order chi connectivity index (χ1) is 14.8. The van der Waals surface area contributed by atoms with Gasteiger partial charge in [-0.3, -0.25) is 35.9 Å². The molecule has 0 unspecified atom stereocenters. The Hall–Kier alpha value is -4.48. The predicted octanol–water partition coefficient (Wildman–Crippen LogP) is 3.16. The van der Waals surface area contributed by atoms with Gasteiger partial charge < -0.3 is 9.15 Å². The number of ether oxygens (including phenoxy) is 1. The number of hydrazine groups is 1. The van der Waals surface area contributed by atoms with Crippen LogP contribution in [0, 0.1) is 20.2 Å². The van der Waals surface area contributed by atoms with Gasteiger partial charge in [-0.05, 0) is 30.7 Å². The molecule has 0 saturated heterocycles. The van der Waals surface area contributed by atoms with Crippen molar-refractivity contribution in [3.05, 3.63) is 78.7 Å². The molecule has 160 valence electrons. The summed E-state index contributed by atoms with van der Waals surface area (Å²) in [6, 6.07) is 8.98. The molecule has 1 heterocycles. The van der Waals surface area contributed by atoms with E-state index in [-0.39, 0.29) is 16.8 Å². The van der Waals surface area contributed by atoms with Crippen LogP contribution in [-0.4, -0.2) is 22.4 Å². The van der Waals surface area contributed by atoms with E-state index in [1.54, 1.807) is 12.1 Å². The molecule has 1 aromatic heterocycles. The monoisotopic (exact) mass is 428 g/mol. The van der Waals surface area contributed by atoms with E-state index < -0.39 is 32.8 Å². The molecule has 0 saturated carbocycles. The number of anilines is 1. The normalized spacial score (nSPS) is 10.5. The maximum atomic E-state index is 12.4. The van der Waals surface area contributed by atoms with Crippen molar-refractivity contribution in [3.8, 4) is 5.75 Å². The van der Waals surface area contributed by atoms with E-state index in [4.69, 9.17) is 9.15 Å². The quantitative estimate of drug-likeness (QED) is 0.311. The number of non-ortho nitro benzene ring substituents is 1. The predicted molar refractivity (Wildman–Crippen MR) is 109 cm³/mol. The van der Waals surface area contributed by atoms with Crippen LogP contribution in [0.25, 0.3) is 11.0 Å². The molecule has 0 spiro atoms. The smallest absolute Gasteiger partial charge is 0.349 e. The molecule has 0 aliphatic carbocycles. The summed E-state index contributed by atoms with van der Waals surface area (Å²) in [4.78, 5) is 45.0. The first-order valence-corrected chi connectivity index (χ1v) is 9.00. The van der Waals surface area contributed by atoms with Gasteiger partial charge in [0.2, 0.25) is 0 Å². The highest BCUT2D eigenvalue weighted by atomic mass is 16.6. The fraction of sp³-hybridized carbons (Fsp3) is 0.158. The lowest BCUT2D eigenvalue weighted by Crippen LogP contribution is -2.33. The number of amides is 1. The van der Waals surface area contributed by atoms with Gasteiger partial charge in [-0.2, -0.15) is 0 Å². The van der Waals surface area contributed by atoms with E-state index >= 15 is 0 Å². The van der Waals surface area contributed by atoms with E-state index in [9.17, 15) is 29.8 Å². The van der Waals surface area contributed by atoms with Crippen LogP contribution < -0.4 is 21.2 Å². The average Bonchev–Trinajstić information content (AvgIpc) is 2.75. The molecule has 3 aromatic rings. The molecule has 0 fully saturated rings. The van der Waals surface area contributed by atoms with Gasteiger partial charge in [0.25, 0.3) is 11.6 Å². The van der Waals surface area contributed by atoms with E-state index in [2.05, 4.69) is 10.9 Å². The molecule has 0 aliphatic rings. The zero-order valence-corrected chi connectivity index (χ0v) is 16.1. The number of nitro benzene ring substituents is 2. The summed E-state index contributed by atoms with van der Waals surface area (Å²) in [5.74, 6) is -0.392. The Labute approximate surface area is 173 Å². The highest BCUT2D eigenvalue weighted by Crippen LogP contribution is 2.28. The summed E-state index contributed by atoms with van der Waals surface area (Å²) in [7, 11) is 0. The minimum Gasteiger partial charge on any atom is -0.493 e. The Balaban J connectivity index is 1.82. The van der Waals surface area contributed by atoms with Crippen LogP contribution in [0.4, 0.5) is 17.1 Å². The standard InChI is InChI=1S/C19H16N4O8/c1-2-7-30-13-5-3-11-8-14(19(25)31-17(11)10-13)18(24)21-20-15-6-4-12(22(26)27)9-16(15)23(28)29/h3-6,8-10,20H,2,7H2,1H3,(H,21,24). The van der Waals surface area contributed by atoms with Gasteiger partial charge in [-0.1, -0.05) is 6.92 Å². The number of nitrogens with zero attached hydrogens (tertiary/aromatic N) is 2. The molecule has 0 radical (unpaired) electrons. The maximum absolute atomic E-state index is 12.4. The van der Waals surface area contributed by atoms with Crippen molar-refractivity contribution in [3.63, 3.8) is 0 Å². The maximum Gasteiger partial charge on any atom is 0.349 e. The number of carbonyl (C=O) groups is 1. The van der Waals surface area contributed by atoms with Crippen molar-refractivity contribution in [2.24, 2.45) is 0 Å². The van der Waals surface area contributed by atoms with Crippen molar-refractivity contribution in [2.75, 3.05) is 12.0 Å². The Morgan fingerprint density at radius 2 is 1.87 bits per heavy atom. The number of fused-ring (bicyclic) bond motifs is 1. The van der Waals surface area contributed by atoms with Crippen molar-refractivity contribution >= 4 is 33.9 Å². The van der Waals surface area contributed by atoms with Crippen molar-refractivity contribution in [2.45, 2.75) is 13.3 Å². The van der Waals surface area contributed by atoms with Crippen LogP contribution in [-0.2, 0) is 0 Å². The number of hydrogen-bond acceptors (Lipinski definition) is 9. The lowest BCUT2D eigenvalue weighted by molar-refractivity contribution is -0.393. The zero-order valence-electron chi connectivity index (χ0n) is 16.1. The largest absolute Gasteiger partial charge is 0.493 e. The molecule has 0 atom stereocenters. The Bertz CT molecular complexity index is 1240. The minimum atomic E-state index is -0.919. The lowest BCUT2D eigenvalue weighted by atomic mass is 10.1. The van der Waals surface area contributed by atoms with Crippen molar-refractivity contribution < 1.29 is 23.8 Å². The molecule has 0 bridgehead atoms. The fourth-order valence-electron chi connectivity index (χ4n) is 2.64. The number of hydrogen-bond donors (Lipinski definition) is 2. The molecule has 2 N–H and O–H groups in total. The fourth-order valence-corrected chi connectivity index (χ4v) is 2.64. The van der Waals surface area contributed by atoms with E-state index in [1.165, 1.54) is 12.1 Å². The first kappa shape index (κ1) is 21.2. The van der Waals surface area contributed by atoms with E-state index in [0.717, 1.165) is 24.6 Å². The van der Waals surface area contributed by atoms with Crippen LogP contribution in [0.15, 0.2) is 51.7 Å². The average molecular weight is 428 g/mol. The molecule has 0 aliphatic heterocycles. The highest BCUT2D eigenvalue weighted by Gasteiger charge is 2.21. The summed E-state index contributed by atoms with van der Waals surface area (Å²) in [5, 5.41) is 22.4. The topological polar surface area (TPSA) is 167 Å². The van der Waals surface area contributed by atoms with Gasteiger partial charge in [0.15, 0.2) is 0 Å². The summed E-state index contributed by atoms with van der Waals surface area (Å²) in [6.07, 6.45) is 0.807. The Morgan fingerprint density at radius 3 is 2.55 bits per heavy atom.